The summed E-state index contributed by atoms with van der Waals surface area (Å²) in [4.78, 5) is 2.38. The molecule has 0 saturated heterocycles. The van der Waals surface area contributed by atoms with Crippen LogP contribution in [0.25, 0.3) is 55.0 Å². The van der Waals surface area contributed by atoms with Crippen molar-refractivity contribution in [1.82, 2.24) is 4.57 Å². The number of hydrogen-bond acceptors (Lipinski definition) is 1. The number of fused-ring (bicyclic) bond motifs is 4. The molecule has 230 valence electrons. The van der Waals surface area contributed by atoms with Crippen LogP contribution in [0, 0.1) is 0 Å². The zero-order chi connectivity index (χ0) is 32.5. The molecule has 0 aliphatic rings. The predicted octanol–water partition coefficient (Wildman–Crippen LogP) is 12.7. The van der Waals surface area contributed by atoms with Crippen LogP contribution >= 0.6 is 0 Å². The van der Waals surface area contributed by atoms with Gasteiger partial charge in [-0.3, -0.25) is 0 Å². The smallest absolute Gasteiger partial charge is 0.0541 e. The maximum atomic E-state index is 2.38. The molecule has 0 spiro atoms. The Kier molecular flexibility index (Phi) is 7.68. The third-order valence-corrected chi connectivity index (χ3v) is 9.31. The first-order valence-electron chi connectivity index (χ1n) is 16.5. The summed E-state index contributed by atoms with van der Waals surface area (Å²) in [5.41, 5.74) is 11.8. The molecule has 7 aromatic carbocycles. The van der Waals surface area contributed by atoms with Crippen LogP contribution in [0.2, 0.25) is 0 Å². The van der Waals surface area contributed by atoms with Gasteiger partial charge in [0.15, 0.2) is 0 Å². The second-order valence-corrected chi connectivity index (χ2v) is 12.3. The minimum Gasteiger partial charge on any atom is -0.314 e. The summed E-state index contributed by atoms with van der Waals surface area (Å²) >= 11 is 0. The van der Waals surface area contributed by atoms with Crippen LogP contribution in [0.15, 0.2) is 188 Å². The number of rotatable bonds is 7. The van der Waals surface area contributed by atoms with E-state index in [-0.39, 0.29) is 0 Å². The van der Waals surface area contributed by atoms with Crippen LogP contribution in [0.4, 0.5) is 11.4 Å². The molecule has 0 N–H and O–H groups in total. The minimum absolute atomic E-state index is 1.11. The van der Waals surface area contributed by atoms with Crippen molar-refractivity contribution >= 4 is 49.5 Å². The Labute approximate surface area is 282 Å². The van der Waals surface area contributed by atoms with Gasteiger partial charge >= 0.3 is 0 Å². The van der Waals surface area contributed by atoms with E-state index in [1.807, 2.05) is 0 Å². The van der Waals surface area contributed by atoms with E-state index in [0.29, 0.717) is 0 Å². The Morgan fingerprint density at radius 1 is 0.521 bits per heavy atom. The van der Waals surface area contributed by atoms with Gasteiger partial charge in [0.1, 0.15) is 0 Å². The van der Waals surface area contributed by atoms with Gasteiger partial charge in [-0.25, -0.2) is 0 Å². The summed E-state index contributed by atoms with van der Waals surface area (Å²) in [5, 5.41) is 5.05. The fourth-order valence-corrected chi connectivity index (χ4v) is 6.87. The molecule has 1 aromatic heterocycles. The first-order valence-corrected chi connectivity index (χ1v) is 16.5. The van der Waals surface area contributed by atoms with E-state index < -0.39 is 0 Å². The highest BCUT2D eigenvalue weighted by atomic mass is 15.1. The van der Waals surface area contributed by atoms with Gasteiger partial charge in [0.25, 0.3) is 0 Å². The monoisotopic (exact) mass is 616 g/mol. The Hall–Kier alpha value is -6.12. The van der Waals surface area contributed by atoms with Crippen molar-refractivity contribution in [2.75, 3.05) is 4.90 Å². The molecule has 1 heterocycles. The largest absolute Gasteiger partial charge is 0.314 e. The lowest BCUT2D eigenvalue weighted by Crippen LogP contribution is -2.15. The first kappa shape index (κ1) is 29.3. The van der Waals surface area contributed by atoms with E-state index in [4.69, 9.17) is 0 Å². The molecule has 0 bridgehead atoms. The number of hydrogen-bond donors (Lipinski definition) is 0. The van der Waals surface area contributed by atoms with E-state index in [1.165, 1.54) is 54.8 Å². The van der Waals surface area contributed by atoms with Crippen molar-refractivity contribution in [3.05, 3.63) is 193 Å². The van der Waals surface area contributed by atoms with E-state index >= 15 is 0 Å². The van der Waals surface area contributed by atoms with Gasteiger partial charge in [0.05, 0.1) is 16.7 Å². The Balaban J connectivity index is 1.24. The van der Waals surface area contributed by atoms with Crippen LogP contribution in [-0.2, 0) is 0 Å². The van der Waals surface area contributed by atoms with Gasteiger partial charge in [-0.1, -0.05) is 127 Å². The SMILES string of the molecule is C/C(=C\C=C(/C)N(c1ccc(-n2c3ccccc3c3ccccc32)cc1)c1ccccc1-c1ccccc1)c1ccc2ccccc2c1. The zero-order valence-corrected chi connectivity index (χ0v) is 27.2. The second-order valence-electron chi connectivity index (χ2n) is 12.3. The van der Waals surface area contributed by atoms with Crippen LogP contribution in [-0.4, -0.2) is 4.57 Å². The summed E-state index contributed by atoms with van der Waals surface area (Å²) in [5.74, 6) is 0. The maximum Gasteiger partial charge on any atom is 0.0541 e. The standard InChI is InChI=1S/C46H36N2/c1-33(37-27-26-35-14-6-7-17-38(35)32-37)24-25-34(2)47(44-21-11-8-18-41(44)36-15-4-3-5-16-36)39-28-30-40(31-29-39)48-45-22-12-9-19-42(45)43-20-10-13-23-46(43)48/h3-32H,1-2H3/b33-24+,34-25+. The Bertz CT molecular complexity index is 2410. The third kappa shape index (κ3) is 5.38. The average molecular weight is 617 g/mol. The maximum absolute atomic E-state index is 2.38. The van der Waals surface area contributed by atoms with Crippen LogP contribution in [0.1, 0.15) is 19.4 Å². The molecule has 0 saturated carbocycles. The molecule has 2 heteroatoms. The molecule has 0 unspecified atom stereocenters. The number of nitrogens with zero attached hydrogens (tertiary/aromatic N) is 2. The number of aromatic nitrogens is 1. The molecule has 8 aromatic rings. The number of allylic oxidation sites excluding steroid dienone is 4. The summed E-state index contributed by atoms with van der Waals surface area (Å²) in [6.07, 6.45) is 4.48. The Morgan fingerprint density at radius 2 is 1.12 bits per heavy atom. The molecule has 8 rings (SSSR count). The molecule has 0 aliphatic carbocycles. The fraction of sp³-hybridized carbons (Fsp3) is 0.0435. The fourth-order valence-electron chi connectivity index (χ4n) is 6.87. The van der Waals surface area contributed by atoms with E-state index in [0.717, 1.165) is 22.8 Å². The molecular weight excluding hydrogens is 581 g/mol. The van der Waals surface area contributed by atoms with Gasteiger partial charge < -0.3 is 9.47 Å². The van der Waals surface area contributed by atoms with Crippen LogP contribution in [0.5, 0.6) is 0 Å². The Morgan fingerprint density at radius 3 is 1.85 bits per heavy atom. The number of anilines is 2. The van der Waals surface area contributed by atoms with Crippen molar-refractivity contribution < 1.29 is 0 Å². The molecule has 2 nitrogen and oxygen atoms in total. The van der Waals surface area contributed by atoms with Crippen molar-refractivity contribution in [2.24, 2.45) is 0 Å². The highest BCUT2D eigenvalue weighted by molar-refractivity contribution is 6.09. The molecular formula is C46H36N2. The van der Waals surface area contributed by atoms with E-state index in [1.54, 1.807) is 0 Å². The first-order chi connectivity index (χ1) is 23.7. The summed E-state index contributed by atoms with van der Waals surface area (Å²) < 4.78 is 2.37. The second kappa shape index (κ2) is 12.6. The molecule has 0 fully saturated rings. The van der Waals surface area contributed by atoms with Gasteiger partial charge in [-0.05, 0) is 95.9 Å². The lowest BCUT2D eigenvalue weighted by Gasteiger charge is -2.28. The highest BCUT2D eigenvalue weighted by Crippen LogP contribution is 2.39. The number of para-hydroxylation sites is 3. The minimum atomic E-state index is 1.11. The van der Waals surface area contributed by atoms with Crippen LogP contribution in [0.3, 0.4) is 0 Å². The number of benzene rings is 7. The zero-order valence-electron chi connectivity index (χ0n) is 27.2. The summed E-state index contributed by atoms with van der Waals surface area (Å²) in [6.45, 7) is 4.39. The van der Waals surface area contributed by atoms with Gasteiger partial charge in [-0.2, -0.15) is 0 Å². The molecule has 0 radical (unpaired) electrons. The van der Waals surface area contributed by atoms with Crippen molar-refractivity contribution in [3.63, 3.8) is 0 Å². The third-order valence-electron chi connectivity index (χ3n) is 9.31. The highest BCUT2D eigenvalue weighted by Gasteiger charge is 2.17. The lowest BCUT2D eigenvalue weighted by atomic mass is 10.0. The van der Waals surface area contributed by atoms with Gasteiger partial charge in [0, 0.05) is 33.4 Å². The summed E-state index contributed by atoms with van der Waals surface area (Å²) in [7, 11) is 0. The van der Waals surface area contributed by atoms with Crippen molar-refractivity contribution in [1.29, 1.82) is 0 Å². The molecule has 0 aliphatic heterocycles. The van der Waals surface area contributed by atoms with E-state index in [9.17, 15) is 0 Å². The van der Waals surface area contributed by atoms with Gasteiger partial charge in [-0.15, -0.1) is 0 Å². The average Bonchev–Trinajstić information content (AvgIpc) is 3.49. The lowest BCUT2D eigenvalue weighted by molar-refractivity contribution is 1.14. The molecule has 0 atom stereocenters. The molecule has 48 heavy (non-hydrogen) atoms. The molecule has 0 amide bonds. The normalized spacial score (nSPS) is 12.2. The van der Waals surface area contributed by atoms with E-state index in [2.05, 4.69) is 205 Å². The van der Waals surface area contributed by atoms with Crippen molar-refractivity contribution in [3.8, 4) is 16.8 Å². The van der Waals surface area contributed by atoms with Crippen LogP contribution < -0.4 is 4.90 Å². The predicted molar refractivity (Wildman–Crippen MR) is 206 cm³/mol. The van der Waals surface area contributed by atoms with Gasteiger partial charge in [0.2, 0.25) is 0 Å². The van der Waals surface area contributed by atoms with Crippen molar-refractivity contribution in [2.45, 2.75) is 13.8 Å². The summed E-state index contributed by atoms with van der Waals surface area (Å²) in [6, 6.07) is 60.9. The quantitative estimate of drug-likeness (QED) is 0.162. The topological polar surface area (TPSA) is 8.17 Å².